The van der Waals surface area contributed by atoms with Crippen LogP contribution in [0.2, 0.25) is 0 Å². The van der Waals surface area contributed by atoms with E-state index in [2.05, 4.69) is 32.2 Å². The van der Waals surface area contributed by atoms with E-state index < -0.39 is 6.10 Å². The first-order valence-corrected chi connectivity index (χ1v) is 7.99. The van der Waals surface area contributed by atoms with Gasteiger partial charge in [0, 0.05) is 12.6 Å². The second-order valence-electron chi connectivity index (χ2n) is 7.06. The molecule has 0 spiro atoms. The van der Waals surface area contributed by atoms with Crippen LogP contribution in [0, 0.1) is 19.3 Å². The Morgan fingerprint density at radius 1 is 1.33 bits per heavy atom. The van der Waals surface area contributed by atoms with Crippen LogP contribution in [0.1, 0.15) is 44.2 Å². The van der Waals surface area contributed by atoms with Crippen LogP contribution in [0.25, 0.3) is 0 Å². The summed E-state index contributed by atoms with van der Waals surface area (Å²) in [6.45, 7) is 9.55. The van der Waals surface area contributed by atoms with Crippen LogP contribution >= 0.6 is 0 Å². The summed E-state index contributed by atoms with van der Waals surface area (Å²) in [6, 6.07) is 6.55. The van der Waals surface area contributed by atoms with Gasteiger partial charge in [-0.3, -0.25) is 0 Å². The second kappa shape index (κ2) is 6.80. The number of rotatable bonds is 8. The molecule has 1 aliphatic carbocycles. The fraction of sp³-hybridized carbons (Fsp3) is 0.667. The average molecular weight is 291 g/mol. The Morgan fingerprint density at radius 3 is 2.67 bits per heavy atom. The molecule has 2 rings (SSSR count). The molecule has 3 heteroatoms. The predicted molar refractivity (Wildman–Crippen MR) is 86.8 cm³/mol. The molecule has 1 aromatic rings. The summed E-state index contributed by atoms with van der Waals surface area (Å²) in [5.41, 5.74) is 2.89. The van der Waals surface area contributed by atoms with Gasteiger partial charge in [-0.1, -0.05) is 24.6 Å². The Morgan fingerprint density at radius 2 is 2.05 bits per heavy atom. The predicted octanol–water partition coefficient (Wildman–Crippen LogP) is 3.21. The maximum atomic E-state index is 10.0. The van der Waals surface area contributed by atoms with Gasteiger partial charge >= 0.3 is 0 Å². The molecule has 1 fully saturated rings. The number of aliphatic hydroxyl groups excluding tert-OH is 1. The van der Waals surface area contributed by atoms with Crippen LogP contribution in [-0.4, -0.2) is 30.4 Å². The van der Waals surface area contributed by atoms with E-state index in [0.717, 1.165) is 11.3 Å². The molecule has 1 saturated carbocycles. The lowest BCUT2D eigenvalue weighted by atomic mass is 10.0. The van der Waals surface area contributed by atoms with Crippen molar-refractivity contribution in [3.63, 3.8) is 0 Å². The Balaban J connectivity index is 1.68. The maximum absolute atomic E-state index is 10.0. The molecule has 2 N–H and O–H groups in total. The maximum Gasteiger partial charge on any atom is 0.122 e. The quantitative estimate of drug-likeness (QED) is 0.773. The van der Waals surface area contributed by atoms with Gasteiger partial charge in [0.15, 0.2) is 0 Å². The summed E-state index contributed by atoms with van der Waals surface area (Å²) >= 11 is 0. The number of aryl methyl sites for hydroxylation is 2. The second-order valence-corrected chi connectivity index (χ2v) is 7.06. The van der Waals surface area contributed by atoms with Gasteiger partial charge in [-0.2, -0.15) is 0 Å². The van der Waals surface area contributed by atoms with Crippen molar-refractivity contribution in [3.05, 3.63) is 29.3 Å². The fourth-order valence-corrected chi connectivity index (χ4v) is 2.77. The van der Waals surface area contributed by atoms with Crippen LogP contribution in [0.4, 0.5) is 0 Å². The first-order chi connectivity index (χ1) is 9.88. The highest BCUT2D eigenvalue weighted by molar-refractivity contribution is 5.35. The van der Waals surface area contributed by atoms with Crippen molar-refractivity contribution in [2.24, 2.45) is 5.41 Å². The van der Waals surface area contributed by atoms with Crippen LogP contribution in [-0.2, 0) is 0 Å². The minimum atomic E-state index is -0.472. The van der Waals surface area contributed by atoms with Gasteiger partial charge in [0.1, 0.15) is 18.5 Å². The molecule has 0 amide bonds. The zero-order valence-corrected chi connectivity index (χ0v) is 13.8. The Labute approximate surface area is 128 Å². The average Bonchev–Trinajstić information content (AvgIpc) is 3.12. The molecule has 118 valence electrons. The molecule has 1 aromatic carbocycles. The van der Waals surface area contributed by atoms with E-state index >= 15 is 0 Å². The van der Waals surface area contributed by atoms with E-state index in [1.54, 1.807) is 0 Å². The highest BCUT2D eigenvalue weighted by Gasteiger charge is 2.38. The molecule has 0 unspecified atom stereocenters. The molecular weight excluding hydrogens is 262 g/mol. The van der Waals surface area contributed by atoms with Crippen molar-refractivity contribution in [2.75, 3.05) is 13.2 Å². The molecular formula is C18H29NO2. The standard InChI is InChI=1S/C18H29NO2/c1-13-5-6-17(14(2)9-13)21-12-16(20)11-19-15(3)10-18(4)7-8-18/h5-6,9,15-16,19-20H,7-8,10-12H2,1-4H3/t15-,16-/m1/s1. The van der Waals surface area contributed by atoms with Crippen molar-refractivity contribution >= 4 is 0 Å². The Kier molecular flexibility index (Phi) is 5.28. The van der Waals surface area contributed by atoms with Crippen molar-refractivity contribution in [3.8, 4) is 5.75 Å². The third kappa shape index (κ3) is 5.33. The molecule has 0 aromatic heterocycles. The molecule has 0 radical (unpaired) electrons. The molecule has 0 heterocycles. The smallest absolute Gasteiger partial charge is 0.122 e. The van der Waals surface area contributed by atoms with Crippen molar-refractivity contribution in [1.82, 2.24) is 5.32 Å². The summed E-state index contributed by atoms with van der Waals surface area (Å²) in [7, 11) is 0. The number of aliphatic hydroxyl groups is 1. The zero-order chi connectivity index (χ0) is 15.5. The fourth-order valence-electron chi connectivity index (χ4n) is 2.77. The summed E-state index contributed by atoms with van der Waals surface area (Å²) < 4.78 is 5.71. The number of hydrogen-bond acceptors (Lipinski definition) is 3. The van der Waals surface area contributed by atoms with Crippen LogP contribution in [0.5, 0.6) is 5.75 Å². The van der Waals surface area contributed by atoms with Gasteiger partial charge in [0.05, 0.1) is 0 Å². The van der Waals surface area contributed by atoms with Crippen molar-refractivity contribution in [2.45, 2.75) is 59.1 Å². The first kappa shape index (κ1) is 16.3. The van der Waals surface area contributed by atoms with E-state index in [9.17, 15) is 5.11 Å². The van der Waals surface area contributed by atoms with Crippen LogP contribution in [0.3, 0.4) is 0 Å². The number of ether oxygens (including phenoxy) is 1. The van der Waals surface area contributed by atoms with Gasteiger partial charge in [-0.15, -0.1) is 0 Å². The van der Waals surface area contributed by atoms with Crippen LogP contribution < -0.4 is 10.1 Å². The molecule has 1 aliphatic rings. The minimum absolute atomic E-state index is 0.334. The molecule has 3 nitrogen and oxygen atoms in total. The lowest BCUT2D eigenvalue weighted by Gasteiger charge is -2.20. The van der Waals surface area contributed by atoms with Crippen molar-refractivity contribution < 1.29 is 9.84 Å². The van der Waals surface area contributed by atoms with Gasteiger partial charge in [-0.25, -0.2) is 0 Å². The van der Waals surface area contributed by atoms with Gasteiger partial charge in [0.2, 0.25) is 0 Å². The monoisotopic (exact) mass is 291 g/mol. The van der Waals surface area contributed by atoms with Gasteiger partial charge in [0.25, 0.3) is 0 Å². The highest BCUT2D eigenvalue weighted by Crippen LogP contribution is 2.48. The van der Waals surface area contributed by atoms with E-state index in [4.69, 9.17) is 4.74 Å². The Bertz CT molecular complexity index is 468. The Hall–Kier alpha value is -1.06. The number of benzene rings is 1. The number of hydrogen-bond donors (Lipinski definition) is 2. The van der Waals surface area contributed by atoms with E-state index in [0.29, 0.717) is 24.6 Å². The summed E-state index contributed by atoms with van der Waals surface area (Å²) in [4.78, 5) is 0. The molecule has 0 aliphatic heterocycles. The van der Waals surface area contributed by atoms with E-state index in [1.165, 1.54) is 24.8 Å². The van der Waals surface area contributed by atoms with E-state index in [1.807, 2.05) is 19.1 Å². The number of nitrogens with one attached hydrogen (secondary N) is 1. The largest absolute Gasteiger partial charge is 0.491 e. The molecule has 2 atom stereocenters. The normalized spacial score (nSPS) is 19.1. The molecule has 0 bridgehead atoms. The molecule has 0 saturated heterocycles. The van der Waals surface area contributed by atoms with Gasteiger partial charge < -0.3 is 15.2 Å². The summed E-state index contributed by atoms with van der Waals surface area (Å²) in [5.74, 6) is 0.859. The lowest BCUT2D eigenvalue weighted by Crippen LogP contribution is -2.37. The highest BCUT2D eigenvalue weighted by atomic mass is 16.5. The lowest BCUT2D eigenvalue weighted by molar-refractivity contribution is 0.103. The zero-order valence-electron chi connectivity index (χ0n) is 13.8. The van der Waals surface area contributed by atoms with E-state index in [-0.39, 0.29) is 0 Å². The topological polar surface area (TPSA) is 41.5 Å². The minimum Gasteiger partial charge on any atom is -0.491 e. The summed E-state index contributed by atoms with van der Waals surface area (Å²) in [6.07, 6.45) is 3.41. The van der Waals surface area contributed by atoms with Crippen LogP contribution in [0.15, 0.2) is 18.2 Å². The SMILES string of the molecule is Cc1ccc(OC[C@H](O)CN[C@H](C)CC2(C)CC2)c(C)c1. The third-order valence-corrected chi connectivity index (χ3v) is 4.37. The summed E-state index contributed by atoms with van der Waals surface area (Å²) in [5, 5.41) is 13.4. The molecule has 21 heavy (non-hydrogen) atoms. The van der Waals surface area contributed by atoms with Gasteiger partial charge in [-0.05, 0) is 57.1 Å². The van der Waals surface area contributed by atoms with Crippen molar-refractivity contribution in [1.29, 1.82) is 0 Å². The third-order valence-electron chi connectivity index (χ3n) is 4.37. The first-order valence-electron chi connectivity index (χ1n) is 7.99.